The number of unbranched alkanes of at least 4 members (excludes halogenated alkanes) is 15. The second-order valence-corrected chi connectivity index (χ2v) is 9.08. The zero-order valence-corrected chi connectivity index (χ0v) is 21.5. The number of hydrazone groups is 1. The van der Waals surface area contributed by atoms with Gasteiger partial charge in [-0.05, 0) is 30.8 Å². The largest absolute Gasteiger partial charge is 0.496 e. The normalized spacial score (nSPS) is 11.1. The van der Waals surface area contributed by atoms with Gasteiger partial charge in [0.15, 0.2) is 5.11 Å². The predicted molar refractivity (Wildman–Crippen MR) is 144 cm³/mol. The van der Waals surface area contributed by atoms with Gasteiger partial charge in [-0.15, -0.1) is 0 Å². The van der Waals surface area contributed by atoms with Crippen LogP contribution in [-0.4, -0.2) is 25.0 Å². The molecule has 1 aromatic rings. The number of rotatable bonds is 20. The van der Waals surface area contributed by atoms with E-state index >= 15 is 0 Å². The summed E-state index contributed by atoms with van der Waals surface area (Å²) < 4.78 is 5.30. The molecular weight excluding hydrogens is 414 g/mol. The van der Waals surface area contributed by atoms with Crippen molar-refractivity contribution >= 4 is 23.5 Å². The van der Waals surface area contributed by atoms with Crippen LogP contribution in [0.15, 0.2) is 29.4 Å². The maximum Gasteiger partial charge on any atom is 0.186 e. The van der Waals surface area contributed by atoms with E-state index in [1.54, 1.807) is 13.3 Å². The van der Waals surface area contributed by atoms with Crippen LogP contribution in [0.1, 0.15) is 115 Å². The number of hydrogen-bond acceptors (Lipinski definition) is 3. The van der Waals surface area contributed by atoms with E-state index in [4.69, 9.17) is 17.0 Å². The van der Waals surface area contributed by atoms with Crippen LogP contribution in [0, 0.1) is 0 Å². The average Bonchev–Trinajstić information content (AvgIpc) is 2.81. The van der Waals surface area contributed by atoms with Crippen LogP contribution in [-0.2, 0) is 0 Å². The first kappa shape index (κ1) is 28.4. The van der Waals surface area contributed by atoms with Crippen molar-refractivity contribution < 1.29 is 4.74 Å². The number of ether oxygens (including phenoxy) is 1. The van der Waals surface area contributed by atoms with Crippen molar-refractivity contribution in [3.8, 4) is 5.75 Å². The molecule has 0 unspecified atom stereocenters. The average molecular weight is 462 g/mol. The zero-order valence-electron chi connectivity index (χ0n) is 20.7. The van der Waals surface area contributed by atoms with Gasteiger partial charge in [0, 0.05) is 12.1 Å². The fourth-order valence-corrected chi connectivity index (χ4v) is 4.00. The maximum absolute atomic E-state index is 5.30. The molecule has 0 saturated heterocycles. The van der Waals surface area contributed by atoms with Gasteiger partial charge in [0.2, 0.25) is 0 Å². The number of nitrogens with one attached hydrogen (secondary N) is 2. The fraction of sp³-hybridized carbons (Fsp3) is 0.704. The van der Waals surface area contributed by atoms with Gasteiger partial charge in [0.25, 0.3) is 0 Å². The Kier molecular flexibility index (Phi) is 18.9. The summed E-state index contributed by atoms with van der Waals surface area (Å²) in [5.74, 6) is 0.796. The van der Waals surface area contributed by atoms with Crippen LogP contribution in [0.25, 0.3) is 0 Å². The van der Waals surface area contributed by atoms with E-state index < -0.39 is 0 Å². The molecule has 2 N–H and O–H groups in total. The molecule has 0 fully saturated rings. The third-order valence-corrected chi connectivity index (χ3v) is 6.06. The highest BCUT2D eigenvalue weighted by molar-refractivity contribution is 7.80. The summed E-state index contributed by atoms with van der Waals surface area (Å²) in [6.07, 6.45) is 23.9. The van der Waals surface area contributed by atoms with Gasteiger partial charge >= 0.3 is 0 Å². The second kappa shape index (κ2) is 21.2. The molecule has 0 saturated carbocycles. The molecule has 0 heterocycles. The standard InChI is InChI=1S/C27H47N3OS/c1-3-4-5-6-7-8-9-10-11-12-13-14-15-16-17-20-23-28-27(32)30-29-24-25-21-18-19-22-26(25)31-2/h18-19,21-22,24H,3-17,20,23H2,1-2H3,(H2,28,30,32)/b29-24-. The molecule has 0 aliphatic rings. The van der Waals surface area contributed by atoms with E-state index in [0.717, 1.165) is 24.3 Å². The number of hydrogen-bond donors (Lipinski definition) is 2. The van der Waals surface area contributed by atoms with Gasteiger partial charge in [-0.3, -0.25) is 5.43 Å². The van der Waals surface area contributed by atoms with E-state index in [0.29, 0.717) is 5.11 Å². The summed E-state index contributed by atoms with van der Waals surface area (Å²) in [5, 5.41) is 7.98. The molecule has 182 valence electrons. The molecule has 0 bridgehead atoms. The van der Waals surface area contributed by atoms with Crippen LogP contribution in [0.4, 0.5) is 0 Å². The highest BCUT2D eigenvalue weighted by Crippen LogP contribution is 2.15. The van der Waals surface area contributed by atoms with Gasteiger partial charge in [0.05, 0.1) is 13.3 Å². The SMILES string of the molecule is CCCCCCCCCCCCCCCCCCNC(=S)N/N=C\c1ccccc1OC. The lowest BCUT2D eigenvalue weighted by molar-refractivity contribution is 0.414. The number of nitrogens with zero attached hydrogens (tertiary/aromatic N) is 1. The Hall–Kier alpha value is -1.62. The van der Waals surface area contributed by atoms with E-state index in [-0.39, 0.29) is 0 Å². The summed E-state index contributed by atoms with van der Waals surface area (Å²) >= 11 is 5.27. The van der Waals surface area contributed by atoms with E-state index in [9.17, 15) is 0 Å². The van der Waals surface area contributed by atoms with Crippen molar-refractivity contribution in [3.63, 3.8) is 0 Å². The van der Waals surface area contributed by atoms with Crippen LogP contribution < -0.4 is 15.5 Å². The molecule has 0 aromatic heterocycles. The lowest BCUT2D eigenvalue weighted by Gasteiger charge is -2.07. The van der Waals surface area contributed by atoms with Crippen molar-refractivity contribution in [1.82, 2.24) is 10.7 Å². The van der Waals surface area contributed by atoms with Gasteiger partial charge in [-0.2, -0.15) is 5.10 Å². The van der Waals surface area contributed by atoms with Gasteiger partial charge in [0.1, 0.15) is 5.75 Å². The van der Waals surface area contributed by atoms with E-state index in [1.165, 1.54) is 96.3 Å². The molecule has 4 nitrogen and oxygen atoms in total. The smallest absolute Gasteiger partial charge is 0.186 e. The molecule has 0 radical (unpaired) electrons. The molecule has 0 aliphatic heterocycles. The molecule has 0 amide bonds. The predicted octanol–water partition coefficient (Wildman–Crippen LogP) is 7.75. The number of benzene rings is 1. The number of thiocarbonyl (C=S) groups is 1. The zero-order chi connectivity index (χ0) is 23.1. The molecule has 0 spiro atoms. The minimum absolute atomic E-state index is 0.567. The van der Waals surface area contributed by atoms with Crippen molar-refractivity contribution in [1.29, 1.82) is 0 Å². The quantitative estimate of drug-likeness (QED) is 0.0901. The van der Waals surface area contributed by atoms with Gasteiger partial charge < -0.3 is 10.1 Å². The third-order valence-electron chi connectivity index (χ3n) is 5.82. The van der Waals surface area contributed by atoms with E-state index in [1.807, 2.05) is 24.3 Å². The molecular formula is C27H47N3OS. The minimum Gasteiger partial charge on any atom is -0.496 e. The van der Waals surface area contributed by atoms with E-state index in [2.05, 4.69) is 22.8 Å². The molecule has 1 rings (SSSR count). The Bertz CT molecular complexity index is 606. The van der Waals surface area contributed by atoms with Crippen LogP contribution in [0.5, 0.6) is 5.75 Å². The molecule has 0 atom stereocenters. The maximum atomic E-state index is 5.30. The number of methoxy groups -OCH3 is 1. The summed E-state index contributed by atoms with van der Waals surface area (Å²) in [4.78, 5) is 0. The summed E-state index contributed by atoms with van der Waals surface area (Å²) in [7, 11) is 1.66. The fourth-order valence-electron chi connectivity index (χ4n) is 3.85. The monoisotopic (exact) mass is 461 g/mol. The Labute approximate surface area is 203 Å². The Morgan fingerprint density at radius 1 is 0.812 bits per heavy atom. The lowest BCUT2D eigenvalue weighted by atomic mass is 10.0. The molecule has 32 heavy (non-hydrogen) atoms. The minimum atomic E-state index is 0.567. The van der Waals surface area contributed by atoms with Crippen molar-refractivity contribution in [2.75, 3.05) is 13.7 Å². The first-order valence-electron chi connectivity index (χ1n) is 13.0. The molecule has 0 aliphatic carbocycles. The third kappa shape index (κ3) is 16.1. The highest BCUT2D eigenvalue weighted by atomic mass is 32.1. The van der Waals surface area contributed by atoms with Crippen molar-refractivity contribution in [2.24, 2.45) is 5.10 Å². The summed E-state index contributed by atoms with van der Waals surface area (Å²) in [6.45, 7) is 3.18. The Balaban J connectivity index is 1.85. The summed E-state index contributed by atoms with van der Waals surface area (Å²) in [6, 6.07) is 7.76. The molecule has 1 aromatic carbocycles. The highest BCUT2D eigenvalue weighted by Gasteiger charge is 1.98. The van der Waals surface area contributed by atoms with Gasteiger partial charge in [-0.25, -0.2) is 0 Å². The number of para-hydroxylation sites is 1. The second-order valence-electron chi connectivity index (χ2n) is 8.67. The van der Waals surface area contributed by atoms with Crippen LogP contribution >= 0.6 is 12.2 Å². The summed E-state index contributed by atoms with van der Waals surface area (Å²) in [5.41, 5.74) is 3.79. The van der Waals surface area contributed by atoms with Crippen LogP contribution in [0.2, 0.25) is 0 Å². The Morgan fingerprint density at radius 2 is 1.31 bits per heavy atom. The Morgan fingerprint density at radius 3 is 1.84 bits per heavy atom. The van der Waals surface area contributed by atoms with Crippen molar-refractivity contribution in [3.05, 3.63) is 29.8 Å². The van der Waals surface area contributed by atoms with Crippen molar-refractivity contribution in [2.45, 2.75) is 110 Å². The molecule has 5 heteroatoms. The first-order valence-corrected chi connectivity index (χ1v) is 13.4. The van der Waals surface area contributed by atoms with Crippen LogP contribution in [0.3, 0.4) is 0 Å². The first-order chi connectivity index (χ1) is 15.8. The topological polar surface area (TPSA) is 45.7 Å². The lowest BCUT2D eigenvalue weighted by Crippen LogP contribution is -2.32. The van der Waals surface area contributed by atoms with Gasteiger partial charge in [-0.1, -0.05) is 115 Å².